The zero-order valence-electron chi connectivity index (χ0n) is 13.8. The monoisotopic (exact) mass is 289 g/mol. The summed E-state index contributed by atoms with van der Waals surface area (Å²) in [6.45, 7) is 6.47. The molecule has 0 amide bonds. The molecule has 2 heteroatoms. The molecule has 1 aromatic rings. The van der Waals surface area contributed by atoms with E-state index >= 15 is 0 Å². The smallest absolute Gasteiger partial charge is 0.127 e. The topological polar surface area (TPSA) is 21.3 Å². The number of hydrogen-bond acceptors (Lipinski definition) is 2. The van der Waals surface area contributed by atoms with E-state index in [0.717, 1.165) is 19.6 Å². The first-order chi connectivity index (χ1) is 10.4. The third kappa shape index (κ3) is 4.74. The van der Waals surface area contributed by atoms with Crippen molar-refractivity contribution in [3.8, 4) is 5.75 Å². The summed E-state index contributed by atoms with van der Waals surface area (Å²) in [4.78, 5) is 0. The lowest BCUT2D eigenvalue weighted by atomic mass is 9.94. The van der Waals surface area contributed by atoms with Crippen molar-refractivity contribution in [1.29, 1.82) is 0 Å². The second kappa shape index (κ2) is 9.09. The van der Waals surface area contributed by atoms with Crippen molar-refractivity contribution < 1.29 is 4.74 Å². The molecule has 0 aromatic heterocycles. The Morgan fingerprint density at radius 2 is 2.05 bits per heavy atom. The van der Waals surface area contributed by atoms with Crippen LogP contribution < -0.4 is 10.1 Å². The van der Waals surface area contributed by atoms with Crippen LogP contribution in [0.25, 0.3) is 0 Å². The highest BCUT2D eigenvalue weighted by molar-refractivity contribution is 5.44. The van der Waals surface area contributed by atoms with Gasteiger partial charge in [0.1, 0.15) is 5.75 Å². The largest absolute Gasteiger partial charge is 0.493 e. The molecule has 0 saturated carbocycles. The van der Waals surface area contributed by atoms with E-state index in [0.29, 0.717) is 6.04 Å². The second-order valence-electron chi connectivity index (χ2n) is 6.14. The molecule has 118 valence electrons. The lowest BCUT2D eigenvalue weighted by molar-refractivity contribution is 0.280. The van der Waals surface area contributed by atoms with Crippen LogP contribution >= 0.6 is 0 Å². The van der Waals surface area contributed by atoms with Crippen LogP contribution in [0.4, 0.5) is 0 Å². The van der Waals surface area contributed by atoms with Crippen molar-refractivity contribution in [1.82, 2.24) is 5.32 Å². The molecule has 0 fully saturated rings. The molecule has 1 unspecified atom stereocenters. The summed E-state index contributed by atoms with van der Waals surface area (Å²) in [6.07, 6.45) is 10.0. The molecular weight excluding hydrogens is 258 g/mol. The predicted octanol–water partition coefficient (Wildman–Crippen LogP) is 5.02. The van der Waals surface area contributed by atoms with E-state index in [9.17, 15) is 0 Å². The number of ether oxygens (including phenoxy) is 1. The molecule has 0 aliphatic carbocycles. The Hall–Kier alpha value is -1.02. The van der Waals surface area contributed by atoms with Gasteiger partial charge in [-0.15, -0.1) is 0 Å². The van der Waals surface area contributed by atoms with Gasteiger partial charge < -0.3 is 10.1 Å². The van der Waals surface area contributed by atoms with Crippen molar-refractivity contribution in [2.75, 3.05) is 13.2 Å². The number of unbranched alkanes of at least 4 members (excludes halogenated alkanes) is 3. The van der Waals surface area contributed by atoms with Gasteiger partial charge in [-0.25, -0.2) is 0 Å². The van der Waals surface area contributed by atoms with Crippen molar-refractivity contribution in [2.45, 2.75) is 71.3 Å². The van der Waals surface area contributed by atoms with Crippen LogP contribution in [0.5, 0.6) is 5.75 Å². The van der Waals surface area contributed by atoms with Crippen molar-refractivity contribution in [3.05, 3.63) is 29.3 Å². The van der Waals surface area contributed by atoms with Gasteiger partial charge in [-0.05, 0) is 37.8 Å². The maximum Gasteiger partial charge on any atom is 0.127 e. The van der Waals surface area contributed by atoms with Crippen LogP contribution in [0.15, 0.2) is 18.2 Å². The van der Waals surface area contributed by atoms with Gasteiger partial charge >= 0.3 is 0 Å². The van der Waals surface area contributed by atoms with E-state index in [-0.39, 0.29) is 0 Å². The van der Waals surface area contributed by atoms with E-state index in [4.69, 9.17) is 4.74 Å². The second-order valence-corrected chi connectivity index (χ2v) is 6.14. The highest BCUT2D eigenvalue weighted by Gasteiger charge is 2.20. The molecule has 1 aromatic carbocycles. The van der Waals surface area contributed by atoms with Gasteiger partial charge in [-0.2, -0.15) is 0 Å². The van der Waals surface area contributed by atoms with Crippen LogP contribution in [0, 0.1) is 0 Å². The Balaban J connectivity index is 2.07. The molecule has 0 bridgehead atoms. The first-order valence-electron chi connectivity index (χ1n) is 8.84. The maximum atomic E-state index is 6.00. The number of fused-ring (bicyclic) bond motifs is 1. The van der Waals surface area contributed by atoms with Gasteiger partial charge in [0.05, 0.1) is 6.61 Å². The van der Waals surface area contributed by atoms with Crippen LogP contribution in [-0.4, -0.2) is 13.2 Å². The van der Waals surface area contributed by atoms with E-state index < -0.39 is 0 Å². The average molecular weight is 289 g/mol. The van der Waals surface area contributed by atoms with E-state index in [1.54, 1.807) is 0 Å². The third-order valence-electron chi connectivity index (χ3n) is 4.33. The van der Waals surface area contributed by atoms with Crippen molar-refractivity contribution in [3.63, 3.8) is 0 Å². The zero-order valence-corrected chi connectivity index (χ0v) is 13.8. The average Bonchev–Trinajstić information content (AvgIpc) is 2.54. The van der Waals surface area contributed by atoms with Gasteiger partial charge in [-0.3, -0.25) is 0 Å². The Kier molecular flexibility index (Phi) is 7.08. The molecule has 0 saturated heterocycles. The number of benzene rings is 1. The Morgan fingerprint density at radius 1 is 1.14 bits per heavy atom. The molecule has 21 heavy (non-hydrogen) atoms. The normalized spacial score (nSPS) is 15.3. The maximum absolute atomic E-state index is 6.00. The third-order valence-corrected chi connectivity index (χ3v) is 4.33. The molecule has 2 nitrogen and oxygen atoms in total. The summed E-state index contributed by atoms with van der Waals surface area (Å²) in [5.41, 5.74) is 2.78. The predicted molar refractivity (Wildman–Crippen MR) is 90.1 cm³/mol. The number of nitrogens with one attached hydrogen (secondary N) is 1. The summed E-state index contributed by atoms with van der Waals surface area (Å²) < 4.78 is 6.00. The summed E-state index contributed by atoms with van der Waals surface area (Å²) in [7, 11) is 0. The fraction of sp³-hybridized carbons (Fsp3) is 0.684. The summed E-state index contributed by atoms with van der Waals surface area (Å²) in [5.74, 6) is 1.17. The van der Waals surface area contributed by atoms with Gasteiger partial charge in [-0.1, -0.05) is 57.7 Å². The molecule has 1 aliphatic heterocycles. The molecule has 0 radical (unpaired) electrons. The minimum atomic E-state index is 0.454. The first kappa shape index (κ1) is 16.4. The van der Waals surface area contributed by atoms with Crippen molar-refractivity contribution in [2.24, 2.45) is 0 Å². The first-order valence-corrected chi connectivity index (χ1v) is 8.84. The molecule has 1 heterocycles. The minimum absolute atomic E-state index is 0.454. The molecule has 0 spiro atoms. The Labute approximate surface area is 130 Å². The Bertz CT molecular complexity index is 416. The number of hydrogen-bond donors (Lipinski definition) is 1. The fourth-order valence-corrected chi connectivity index (χ4v) is 3.15. The van der Waals surface area contributed by atoms with Crippen LogP contribution in [0.2, 0.25) is 0 Å². The SMILES string of the molecule is CCCCCCC(NCCC)c1cccc2c1OCCC2. The number of rotatable bonds is 9. The van der Waals surface area contributed by atoms with Gasteiger partial charge in [0.15, 0.2) is 0 Å². The van der Waals surface area contributed by atoms with Crippen LogP contribution in [0.3, 0.4) is 0 Å². The lowest BCUT2D eigenvalue weighted by Gasteiger charge is -2.26. The standard InChI is InChI=1S/C19H31NO/c1-3-5-6-7-13-18(20-14-4-2)17-12-8-10-16-11-9-15-21-19(16)17/h8,10,12,18,20H,3-7,9,11,13-15H2,1-2H3. The minimum Gasteiger partial charge on any atom is -0.493 e. The fourth-order valence-electron chi connectivity index (χ4n) is 3.15. The number of para-hydroxylation sites is 1. The molecule has 2 rings (SSSR count). The van der Waals surface area contributed by atoms with Crippen LogP contribution in [0.1, 0.15) is 76.0 Å². The van der Waals surface area contributed by atoms with Crippen LogP contribution in [-0.2, 0) is 6.42 Å². The molecule has 1 atom stereocenters. The summed E-state index contributed by atoms with van der Waals surface area (Å²) in [6, 6.07) is 7.15. The highest BCUT2D eigenvalue weighted by atomic mass is 16.5. The van der Waals surface area contributed by atoms with E-state index in [1.807, 2.05) is 0 Å². The molecule has 1 aliphatic rings. The summed E-state index contributed by atoms with van der Waals surface area (Å²) >= 11 is 0. The van der Waals surface area contributed by atoms with Gasteiger partial charge in [0, 0.05) is 11.6 Å². The molecular formula is C19H31NO. The highest BCUT2D eigenvalue weighted by Crippen LogP contribution is 2.34. The van der Waals surface area contributed by atoms with Gasteiger partial charge in [0.2, 0.25) is 0 Å². The number of aryl methyl sites for hydroxylation is 1. The lowest BCUT2D eigenvalue weighted by Crippen LogP contribution is -2.24. The van der Waals surface area contributed by atoms with E-state index in [1.165, 1.54) is 61.8 Å². The van der Waals surface area contributed by atoms with E-state index in [2.05, 4.69) is 37.4 Å². The zero-order chi connectivity index (χ0) is 14.9. The summed E-state index contributed by atoms with van der Waals surface area (Å²) in [5, 5.41) is 3.73. The quantitative estimate of drug-likeness (QED) is 0.644. The van der Waals surface area contributed by atoms with Gasteiger partial charge in [0.25, 0.3) is 0 Å². The van der Waals surface area contributed by atoms with Crippen molar-refractivity contribution >= 4 is 0 Å². The Morgan fingerprint density at radius 3 is 2.86 bits per heavy atom. The molecule has 1 N–H and O–H groups in total.